The summed E-state index contributed by atoms with van der Waals surface area (Å²) in [6.07, 6.45) is 5.80. The van der Waals surface area contributed by atoms with Crippen molar-refractivity contribution in [2.24, 2.45) is 17.8 Å². The predicted molar refractivity (Wildman–Crippen MR) is 69.0 cm³/mol. The van der Waals surface area contributed by atoms with Gasteiger partial charge < -0.3 is 0 Å². The summed E-state index contributed by atoms with van der Waals surface area (Å²) in [6, 6.07) is 4.51. The number of Topliss-reactive ketones (excluding diaryl/α,β-unsaturated/α-hetero) is 1. The van der Waals surface area contributed by atoms with E-state index in [1.54, 1.807) is 6.07 Å². The van der Waals surface area contributed by atoms with Crippen molar-refractivity contribution < 1.29 is 9.18 Å². The van der Waals surface area contributed by atoms with E-state index in [4.69, 9.17) is 0 Å². The maximum Gasteiger partial charge on any atom is 0.163 e. The van der Waals surface area contributed by atoms with E-state index in [0.29, 0.717) is 17.9 Å². The third-order valence-electron chi connectivity index (χ3n) is 4.83. The van der Waals surface area contributed by atoms with Crippen LogP contribution in [0.3, 0.4) is 0 Å². The van der Waals surface area contributed by atoms with Crippen LogP contribution in [0.15, 0.2) is 18.2 Å². The van der Waals surface area contributed by atoms with Gasteiger partial charge in [0, 0.05) is 12.0 Å². The minimum Gasteiger partial charge on any atom is -0.294 e. The fraction of sp³-hybridized carbons (Fsp3) is 0.562. The molecule has 0 radical (unpaired) electrons. The van der Waals surface area contributed by atoms with Crippen molar-refractivity contribution in [1.82, 2.24) is 0 Å². The summed E-state index contributed by atoms with van der Waals surface area (Å²) in [4.78, 5) is 12.3. The molecule has 3 atom stereocenters. The molecule has 0 heterocycles. The first-order valence-electron chi connectivity index (χ1n) is 6.93. The molecule has 2 heteroatoms. The van der Waals surface area contributed by atoms with Crippen LogP contribution in [-0.2, 0) is 0 Å². The Labute approximate surface area is 107 Å². The molecule has 0 N–H and O–H groups in total. The predicted octanol–water partition coefficient (Wildman–Crippen LogP) is 4.14. The lowest BCUT2D eigenvalue weighted by molar-refractivity contribution is 0.0943. The largest absolute Gasteiger partial charge is 0.294 e. The number of fused-ring (bicyclic) bond motifs is 2. The minimum atomic E-state index is -0.308. The van der Waals surface area contributed by atoms with Crippen LogP contribution in [0, 0.1) is 30.5 Å². The van der Waals surface area contributed by atoms with Crippen LogP contribution < -0.4 is 0 Å². The summed E-state index contributed by atoms with van der Waals surface area (Å²) >= 11 is 0. The number of ketones is 1. The third kappa shape index (κ3) is 2.09. The van der Waals surface area contributed by atoms with Gasteiger partial charge in [-0.3, -0.25) is 4.79 Å². The smallest absolute Gasteiger partial charge is 0.163 e. The van der Waals surface area contributed by atoms with Gasteiger partial charge >= 0.3 is 0 Å². The molecule has 0 saturated heterocycles. The Kier molecular flexibility index (Phi) is 2.96. The minimum absolute atomic E-state index is 0.129. The Morgan fingerprint density at radius 3 is 2.83 bits per heavy atom. The second-order valence-corrected chi connectivity index (χ2v) is 6.02. The highest BCUT2D eigenvalue weighted by molar-refractivity contribution is 5.97. The number of benzene rings is 1. The van der Waals surface area contributed by atoms with Gasteiger partial charge in [0.25, 0.3) is 0 Å². The van der Waals surface area contributed by atoms with E-state index in [2.05, 4.69) is 0 Å². The first-order valence-corrected chi connectivity index (χ1v) is 6.93. The Morgan fingerprint density at radius 2 is 2.17 bits per heavy atom. The topological polar surface area (TPSA) is 17.1 Å². The summed E-state index contributed by atoms with van der Waals surface area (Å²) in [5.74, 6) is 1.99. The number of carbonyl (C=O) groups is 1. The van der Waals surface area contributed by atoms with Gasteiger partial charge in [0.05, 0.1) is 0 Å². The van der Waals surface area contributed by atoms with Crippen molar-refractivity contribution >= 4 is 5.78 Å². The van der Waals surface area contributed by atoms with Gasteiger partial charge in [0.2, 0.25) is 0 Å². The maximum atomic E-state index is 13.2. The zero-order valence-electron chi connectivity index (χ0n) is 10.8. The van der Waals surface area contributed by atoms with E-state index in [1.807, 2.05) is 6.92 Å². The average Bonchev–Trinajstić information content (AvgIpc) is 2.94. The van der Waals surface area contributed by atoms with Gasteiger partial charge in [-0.1, -0.05) is 12.5 Å². The first-order chi connectivity index (χ1) is 8.63. The van der Waals surface area contributed by atoms with E-state index in [9.17, 15) is 9.18 Å². The van der Waals surface area contributed by atoms with E-state index >= 15 is 0 Å². The van der Waals surface area contributed by atoms with Gasteiger partial charge in [-0.2, -0.15) is 0 Å². The molecular formula is C16H19FO. The number of carbonyl (C=O) groups excluding carboxylic acids is 1. The molecule has 1 aromatic rings. The molecule has 2 aliphatic carbocycles. The summed E-state index contributed by atoms with van der Waals surface area (Å²) in [5, 5.41) is 0. The third-order valence-corrected chi connectivity index (χ3v) is 4.83. The molecular weight excluding hydrogens is 227 g/mol. The first kappa shape index (κ1) is 11.9. The summed E-state index contributed by atoms with van der Waals surface area (Å²) in [6.45, 7) is 1.88. The molecule has 3 unspecified atom stereocenters. The average molecular weight is 246 g/mol. The van der Waals surface area contributed by atoms with E-state index < -0.39 is 0 Å². The SMILES string of the molecule is Cc1ccc(F)cc1C(=O)CC1CC2CCC1C2. The van der Waals surface area contributed by atoms with Crippen LogP contribution in [0.1, 0.15) is 48.0 Å². The standard InChI is InChI=1S/C16H19FO/c1-10-2-5-14(17)9-15(10)16(18)8-13-7-11-3-4-12(13)6-11/h2,5,9,11-13H,3-4,6-8H2,1H3. The highest BCUT2D eigenvalue weighted by Crippen LogP contribution is 2.49. The highest BCUT2D eigenvalue weighted by atomic mass is 19.1. The molecule has 1 nitrogen and oxygen atoms in total. The lowest BCUT2D eigenvalue weighted by Crippen LogP contribution is -2.16. The van der Waals surface area contributed by atoms with Crippen LogP contribution in [0.2, 0.25) is 0 Å². The van der Waals surface area contributed by atoms with Crippen molar-refractivity contribution in [2.75, 3.05) is 0 Å². The summed E-state index contributed by atoms with van der Waals surface area (Å²) < 4.78 is 13.2. The fourth-order valence-electron chi connectivity index (χ4n) is 3.87. The van der Waals surface area contributed by atoms with Crippen molar-refractivity contribution in [3.63, 3.8) is 0 Å². The molecule has 0 aromatic heterocycles. The van der Waals surface area contributed by atoms with Gasteiger partial charge in [0.1, 0.15) is 5.82 Å². The van der Waals surface area contributed by atoms with Gasteiger partial charge in [-0.25, -0.2) is 4.39 Å². The number of rotatable bonds is 3. The molecule has 2 fully saturated rings. The molecule has 2 bridgehead atoms. The molecule has 2 saturated carbocycles. The van der Waals surface area contributed by atoms with Crippen molar-refractivity contribution in [3.05, 3.63) is 35.1 Å². The normalized spacial score (nSPS) is 29.8. The Bertz CT molecular complexity index is 480. The number of halogens is 1. The van der Waals surface area contributed by atoms with Crippen molar-refractivity contribution in [1.29, 1.82) is 0 Å². The lowest BCUT2D eigenvalue weighted by atomic mass is 9.83. The van der Waals surface area contributed by atoms with Gasteiger partial charge in [-0.15, -0.1) is 0 Å². The number of hydrogen-bond donors (Lipinski definition) is 0. The number of hydrogen-bond acceptors (Lipinski definition) is 1. The van der Waals surface area contributed by atoms with Gasteiger partial charge in [-0.05, 0) is 61.6 Å². The van der Waals surface area contributed by atoms with E-state index in [1.165, 1.54) is 37.8 Å². The number of aryl methyl sites for hydroxylation is 1. The van der Waals surface area contributed by atoms with Crippen LogP contribution in [0.25, 0.3) is 0 Å². The molecule has 96 valence electrons. The van der Waals surface area contributed by atoms with E-state index in [0.717, 1.165) is 17.4 Å². The zero-order valence-corrected chi connectivity index (χ0v) is 10.8. The van der Waals surface area contributed by atoms with Crippen LogP contribution in [-0.4, -0.2) is 5.78 Å². The highest BCUT2D eigenvalue weighted by Gasteiger charge is 2.40. The second kappa shape index (κ2) is 4.49. The van der Waals surface area contributed by atoms with Crippen LogP contribution >= 0.6 is 0 Å². The Hall–Kier alpha value is -1.18. The van der Waals surface area contributed by atoms with Crippen LogP contribution in [0.5, 0.6) is 0 Å². The zero-order chi connectivity index (χ0) is 12.7. The van der Waals surface area contributed by atoms with Crippen LogP contribution in [0.4, 0.5) is 4.39 Å². The fourth-order valence-corrected chi connectivity index (χ4v) is 3.87. The molecule has 0 spiro atoms. The summed E-state index contributed by atoms with van der Waals surface area (Å²) in [5.41, 5.74) is 1.47. The molecule has 3 rings (SSSR count). The molecule has 18 heavy (non-hydrogen) atoms. The van der Waals surface area contributed by atoms with Crippen molar-refractivity contribution in [3.8, 4) is 0 Å². The van der Waals surface area contributed by atoms with E-state index in [-0.39, 0.29) is 11.6 Å². The monoisotopic (exact) mass is 246 g/mol. The molecule has 2 aliphatic rings. The Morgan fingerprint density at radius 1 is 1.33 bits per heavy atom. The van der Waals surface area contributed by atoms with Crippen molar-refractivity contribution in [2.45, 2.75) is 39.0 Å². The quantitative estimate of drug-likeness (QED) is 0.732. The lowest BCUT2D eigenvalue weighted by Gasteiger charge is -2.21. The second-order valence-electron chi connectivity index (χ2n) is 6.02. The van der Waals surface area contributed by atoms with Gasteiger partial charge in [0.15, 0.2) is 5.78 Å². The molecule has 1 aromatic carbocycles. The summed E-state index contributed by atoms with van der Waals surface area (Å²) in [7, 11) is 0. The maximum absolute atomic E-state index is 13.2. The Balaban J connectivity index is 1.73. The molecule has 0 amide bonds. The molecule has 0 aliphatic heterocycles.